The fourth-order valence-electron chi connectivity index (χ4n) is 4.38. The summed E-state index contributed by atoms with van der Waals surface area (Å²) < 4.78 is 41.5. The van der Waals surface area contributed by atoms with Crippen LogP contribution in [-0.2, 0) is 5.41 Å². The van der Waals surface area contributed by atoms with Crippen LogP contribution in [0, 0.1) is 13.8 Å². The molecule has 0 spiro atoms. The van der Waals surface area contributed by atoms with E-state index in [2.05, 4.69) is 4.98 Å². The number of allylic oxidation sites excluding steroid dienone is 1. The van der Waals surface area contributed by atoms with Gasteiger partial charge in [0.2, 0.25) is 0 Å². The van der Waals surface area contributed by atoms with Gasteiger partial charge < -0.3 is 0 Å². The first-order chi connectivity index (χ1) is 16.9. The number of halogens is 6. The lowest BCUT2D eigenvalue weighted by Crippen LogP contribution is -2.19. The Labute approximate surface area is 223 Å². The molecule has 0 saturated heterocycles. The van der Waals surface area contributed by atoms with Crippen molar-refractivity contribution in [3.63, 3.8) is 0 Å². The maximum Gasteiger partial charge on any atom is 0.399 e. The van der Waals surface area contributed by atoms with Gasteiger partial charge in [-0.25, -0.2) is 0 Å². The molecular formula is C28H23Cl3F3NO. The second kappa shape index (κ2) is 10.2. The third-order valence-corrected chi connectivity index (χ3v) is 7.82. The second-order valence-electron chi connectivity index (χ2n) is 9.32. The lowest BCUT2D eigenvalue weighted by molar-refractivity contribution is -0.139. The number of ketones is 1. The lowest BCUT2D eigenvalue weighted by atomic mass is 9.88. The predicted octanol–water partition coefficient (Wildman–Crippen LogP) is 9.32. The van der Waals surface area contributed by atoms with Crippen molar-refractivity contribution in [2.45, 2.75) is 50.6 Å². The summed E-state index contributed by atoms with van der Waals surface area (Å²) in [5, 5.41) is -0.0831. The fraction of sp³-hybridized carbons (Fsp3) is 0.286. The molecule has 1 heterocycles. The van der Waals surface area contributed by atoms with Gasteiger partial charge in [0.25, 0.3) is 0 Å². The average Bonchev–Trinajstić information content (AvgIpc) is 3.57. The van der Waals surface area contributed by atoms with Crippen molar-refractivity contribution in [3.8, 4) is 0 Å². The maximum atomic E-state index is 13.8. The largest absolute Gasteiger partial charge is 0.399 e. The maximum absolute atomic E-state index is 13.8. The van der Waals surface area contributed by atoms with E-state index in [-0.39, 0.29) is 31.8 Å². The summed E-state index contributed by atoms with van der Waals surface area (Å²) in [6, 6.07) is 11.4. The van der Waals surface area contributed by atoms with Gasteiger partial charge in [0.1, 0.15) is 0 Å². The average molecular weight is 553 g/mol. The van der Waals surface area contributed by atoms with Gasteiger partial charge in [-0.05, 0) is 67.1 Å². The topological polar surface area (TPSA) is 30.0 Å². The molecule has 3 aromatic rings. The number of alkyl halides is 3. The minimum Gasteiger partial charge on any atom is -0.294 e. The van der Waals surface area contributed by atoms with E-state index in [4.69, 9.17) is 34.8 Å². The van der Waals surface area contributed by atoms with Crippen LogP contribution in [0.15, 0.2) is 54.7 Å². The van der Waals surface area contributed by atoms with E-state index in [9.17, 15) is 18.0 Å². The van der Waals surface area contributed by atoms with Gasteiger partial charge in [-0.3, -0.25) is 9.78 Å². The van der Waals surface area contributed by atoms with E-state index in [0.717, 1.165) is 30.2 Å². The molecule has 1 unspecified atom stereocenters. The first-order valence-corrected chi connectivity index (χ1v) is 12.5. The molecule has 1 aliphatic rings. The molecule has 188 valence electrons. The Bertz CT molecular complexity index is 1310. The number of aryl methyl sites for hydroxylation is 2. The summed E-state index contributed by atoms with van der Waals surface area (Å²) in [7, 11) is 0. The van der Waals surface area contributed by atoms with Crippen LogP contribution < -0.4 is 0 Å². The zero-order valence-corrected chi connectivity index (χ0v) is 21.9. The Balaban J connectivity index is 1.54. The fourth-order valence-corrected chi connectivity index (χ4v) is 4.99. The van der Waals surface area contributed by atoms with Gasteiger partial charge in [-0.15, -0.1) is 0 Å². The first-order valence-electron chi connectivity index (χ1n) is 11.4. The van der Waals surface area contributed by atoms with Gasteiger partial charge >= 0.3 is 6.18 Å². The van der Waals surface area contributed by atoms with Crippen LogP contribution in [0.1, 0.15) is 63.5 Å². The monoisotopic (exact) mass is 551 g/mol. The summed E-state index contributed by atoms with van der Waals surface area (Å²) in [4.78, 5) is 17.5. The zero-order valence-electron chi connectivity index (χ0n) is 19.6. The molecule has 8 heteroatoms. The predicted molar refractivity (Wildman–Crippen MR) is 139 cm³/mol. The number of carbonyl (C=O) groups is 1. The van der Waals surface area contributed by atoms with Crippen LogP contribution in [0.5, 0.6) is 0 Å². The van der Waals surface area contributed by atoms with Crippen molar-refractivity contribution >= 4 is 46.7 Å². The van der Waals surface area contributed by atoms with Crippen LogP contribution >= 0.6 is 34.8 Å². The molecule has 1 atom stereocenters. The van der Waals surface area contributed by atoms with Crippen molar-refractivity contribution in [2.24, 2.45) is 0 Å². The summed E-state index contributed by atoms with van der Waals surface area (Å²) in [5.74, 6) is -1.91. The molecule has 1 saturated carbocycles. The van der Waals surface area contributed by atoms with Crippen LogP contribution in [0.25, 0.3) is 6.08 Å². The highest BCUT2D eigenvalue weighted by molar-refractivity contribution is 6.48. The lowest BCUT2D eigenvalue weighted by Gasteiger charge is -2.18. The highest BCUT2D eigenvalue weighted by atomic mass is 35.5. The number of benzene rings is 2. The van der Waals surface area contributed by atoms with E-state index >= 15 is 0 Å². The number of hydrogen-bond acceptors (Lipinski definition) is 2. The molecule has 0 amide bonds. The Morgan fingerprint density at radius 1 is 1.06 bits per heavy atom. The molecule has 0 radical (unpaired) electrons. The van der Waals surface area contributed by atoms with Crippen molar-refractivity contribution in [1.82, 2.24) is 4.98 Å². The molecular weight excluding hydrogens is 530 g/mol. The number of hydrogen-bond donors (Lipinski definition) is 0. The van der Waals surface area contributed by atoms with Crippen LogP contribution in [0.3, 0.4) is 0 Å². The van der Waals surface area contributed by atoms with E-state index in [1.165, 1.54) is 18.2 Å². The van der Waals surface area contributed by atoms with Crippen LogP contribution in [0.4, 0.5) is 13.2 Å². The van der Waals surface area contributed by atoms with E-state index in [1.807, 2.05) is 25.3 Å². The van der Waals surface area contributed by atoms with Crippen LogP contribution in [-0.4, -0.2) is 16.9 Å². The molecule has 1 aromatic heterocycles. The van der Waals surface area contributed by atoms with Gasteiger partial charge in [0.05, 0.1) is 21.0 Å². The van der Waals surface area contributed by atoms with Crippen molar-refractivity contribution in [1.29, 1.82) is 0 Å². The molecule has 2 aromatic carbocycles. The molecule has 2 nitrogen and oxygen atoms in total. The highest BCUT2D eigenvalue weighted by Crippen LogP contribution is 2.51. The van der Waals surface area contributed by atoms with E-state index in [0.29, 0.717) is 23.1 Å². The number of aromatic nitrogens is 1. The number of Topliss-reactive ketones (excluding diaryl/α,β-unsaturated/α-hetero) is 1. The molecule has 1 fully saturated rings. The standard InChI is InChI=1S/C28H23Cl3F3NO/c1-16-11-18(5-8-22(28(32,33)34)19-12-23(29)26(31)24(30)13-19)4-7-21(16)25(36)14-27(9-10-27)20-6-3-17(2)35-15-20/h3-8,11-13,15,22H,9-10,14H2,1-2H3/b8-5+. The normalized spacial score (nSPS) is 15.8. The van der Waals surface area contributed by atoms with Gasteiger partial charge in [0, 0.05) is 29.3 Å². The molecule has 4 rings (SSSR count). The van der Waals surface area contributed by atoms with Crippen molar-refractivity contribution < 1.29 is 18.0 Å². The van der Waals surface area contributed by atoms with E-state index < -0.39 is 12.1 Å². The third kappa shape index (κ3) is 5.80. The minimum atomic E-state index is -4.56. The number of rotatable bonds is 7. The summed E-state index contributed by atoms with van der Waals surface area (Å²) in [6.07, 6.45) is 1.95. The Morgan fingerprint density at radius 3 is 2.25 bits per heavy atom. The zero-order chi connectivity index (χ0) is 26.3. The van der Waals surface area contributed by atoms with Gasteiger partial charge in [-0.1, -0.05) is 71.2 Å². The Hall–Kier alpha value is -2.34. The van der Waals surface area contributed by atoms with E-state index in [1.54, 1.807) is 25.1 Å². The number of carbonyl (C=O) groups excluding carboxylic acids is 1. The number of nitrogens with zero attached hydrogens (tertiary/aromatic N) is 1. The first kappa shape index (κ1) is 26.7. The van der Waals surface area contributed by atoms with Gasteiger partial charge in [-0.2, -0.15) is 13.2 Å². The SMILES string of the molecule is Cc1ccc(C2(CC(=O)c3ccc(/C=C/C(c4cc(Cl)c(Cl)c(Cl)c4)C(F)(F)F)cc3C)CC2)cn1. The second-order valence-corrected chi connectivity index (χ2v) is 10.5. The summed E-state index contributed by atoms with van der Waals surface area (Å²) >= 11 is 17.8. The van der Waals surface area contributed by atoms with Crippen molar-refractivity contribution in [3.05, 3.63) is 103 Å². The summed E-state index contributed by atoms with van der Waals surface area (Å²) in [5.41, 5.74) is 3.54. The minimum absolute atomic E-state index is 0.00878. The summed E-state index contributed by atoms with van der Waals surface area (Å²) in [6.45, 7) is 3.71. The molecule has 0 aliphatic heterocycles. The molecule has 1 aliphatic carbocycles. The quantitative estimate of drug-likeness (QED) is 0.216. The third-order valence-electron chi connectivity index (χ3n) is 6.63. The smallest absolute Gasteiger partial charge is 0.294 e. The van der Waals surface area contributed by atoms with Crippen LogP contribution in [0.2, 0.25) is 15.1 Å². The van der Waals surface area contributed by atoms with Crippen molar-refractivity contribution in [2.75, 3.05) is 0 Å². The highest BCUT2D eigenvalue weighted by Gasteiger charge is 2.46. The van der Waals surface area contributed by atoms with Gasteiger partial charge in [0.15, 0.2) is 5.78 Å². The molecule has 36 heavy (non-hydrogen) atoms. The Morgan fingerprint density at radius 2 is 1.72 bits per heavy atom. The Kier molecular flexibility index (Phi) is 7.57. The number of pyridine rings is 1. The molecule has 0 bridgehead atoms. The molecule has 0 N–H and O–H groups in total.